The van der Waals surface area contributed by atoms with E-state index in [1.165, 1.54) is 0 Å². The molecule has 1 nitrogen and oxygen atoms in total. The van der Waals surface area contributed by atoms with Crippen molar-refractivity contribution < 1.29 is 9.50 Å². The smallest absolute Gasteiger partial charge is 0.148 e. The summed E-state index contributed by atoms with van der Waals surface area (Å²) in [7, 11) is 0. The van der Waals surface area contributed by atoms with Gasteiger partial charge in [-0.3, -0.25) is 0 Å². The minimum atomic E-state index is -1.23. The summed E-state index contributed by atoms with van der Waals surface area (Å²) in [5, 5.41) is 8.71. The molecule has 0 amide bonds. The molecular formula is C11H15FO. The SMILES string of the molecule is CCCc1ccccc1C(F)CO. The second-order valence-corrected chi connectivity index (χ2v) is 3.10. The zero-order valence-electron chi connectivity index (χ0n) is 7.83. The molecule has 0 radical (unpaired) electrons. The van der Waals surface area contributed by atoms with Crippen LogP contribution in [0.25, 0.3) is 0 Å². The van der Waals surface area contributed by atoms with Crippen molar-refractivity contribution in [1.82, 2.24) is 0 Å². The Balaban J connectivity index is 2.90. The number of aliphatic hydroxyl groups is 1. The van der Waals surface area contributed by atoms with Crippen LogP contribution in [0.1, 0.15) is 30.6 Å². The van der Waals surface area contributed by atoms with Crippen LogP contribution in [-0.2, 0) is 6.42 Å². The van der Waals surface area contributed by atoms with E-state index in [0.29, 0.717) is 5.56 Å². The Morgan fingerprint density at radius 3 is 2.69 bits per heavy atom. The summed E-state index contributed by atoms with van der Waals surface area (Å²) in [5.41, 5.74) is 1.64. The van der Waals surface area contributed by atoms with Crippen LogP contribution in [-0.4, -0.2) is 11.7 Å². The van der Waals surface area contributed by atoms with E-state index in [2.05, 4.69) is 6.92 Å². The third kappa shape index (κ3) is 2.52. The maximum atomic E-state index is 13.2. The van der Waals surface area contributed by atoms with Crippen LogP contribution in [0.3, 0.4) is 0 Å². The molecule has 1 aromatic carbocycles. The minimum absolute atomic E-state index is 0.430. The number of benzene rings is 1. The molecule has 1 unspecified atom stereocenters. The van der Waals surface area contributed by atoms with Crippen molar-refractivity contribution in [1.29, 1.82) is 0 Å². The lowest BCUT2D eigenvalue weighted by Crippen LogP contribution is -2.01. The van der Waals surface area contributed by atoms with Crippen molar-refractivity contribution in [2.24, 2.45) is 0 Å². The first-order valence-corrected chi connectivity index (χ1v) is 4.62. The fourth-order valence-corrected chi connectivity index (χ4v) is 1.44. The summed E-state index contributed by atoms with van der Waals surface area (Å²) < 4.78 is 13.2. The Morgan fingerprint density at radius 2 is 2.08 bits per heavy atom. The van der Waals surface area contributed by atoms with Gasteiger partial charge in [-0.1, -0.05) is 37.6 Å². The average Bonchev–Trinajstić information content (AvgIpc) is 2.18. The fourth-order valence-electron chi connectivity index (χ4n) is 1.44. The fraction of sp³-hybridized carbons (Fsp3) is 0.455. The summed E-state index contributed by atoms with van der Waals surface area (Å²) in [6.45, 7) is 1.63. The predicted octanol–water partition coefficient (Wildman–Crippen LogP) is 2.64. The summed E-state index contributed by atoms with van der Waals surface area (Å²) in [6.07, 6.45) is 0.633. The van der Waals surface area contributed by atoms with E-state index in [0.717, 1.165) is 18.4 Å². The maximum absolute atomic E-state index is 13.2. The maximum Gasteiger partial charge on any atom is 0.148 e. The van der Waals surface area contributed by atoms with Gasteiger partial charge in [0.25, 0.3) is 0 Å². The van der Waals surface area contributed by atoms with Gasteiger partial charge in [-0.25, -0.2) is 4.39 Å². The highest BCUT2D eigenvalue weighted by Gasteiger charge is 2.11. The largest absolute Gasteiger partial charge is 0.393 e. The third-order valence-corrected chi connectivity index (χ3v) is 2.07. The molecule has 0 heterocycles. The van der Waals surface area contributed by atoms with Crippen molar-refractivity contribution in [2.75, 3.05) is 6.61 Å². The van der Waals surface area contributed by atoms with Crippen molar-refractivity contribution in [3.63, 3.8) is 0 Å². The quantitative estimate of drug-likeness (QED) is 0.759. The summed E-state index contributed by atoms with van der Waals surface area (Å²) in [4.78, 5) is 0. The molecule has 0 aliphatic rings. The number of hydrogen-bond acceptors (Lipinski definition) is 1. The molecular weight excluding hydrogens is 167 g/mol. The zero-order valence-corrected chi connectivity index (χ0v) is 7.83. The molecule has 0 aliphatic carbocycles. The van der Waals surface area contributed by atoms with E-state index >= 15 is 0 Å². The lowest BCUT2D eigenvalue weighted by Gasteiger charge is -2.10. The molecule has 0 aliphatic heterocycles. The molecule has 0 bridgehead atoms. The number of hydrogen-bond donors (Lipinski definition) is 1. The molecule has 1 aromatic rings. The van der Waals surface area contributed by atoms with Crippen LogP contribution in [0.15, 0.2) is 24.3 Å². The number of aryl methyl sites for hydroxylation is 1. The van der Waals surface area contributed by atoms with E-state index in [9.17, 15) is 4.39 Å². The lowest BCUT2D eigenvalue weighted by atomic mass is 10.00. The number of halogens is 1. The molecule has 0 spiro atoms. The van der Waals surface area contributed by atoms with Crippen molar-refractivity contribution in [2.45, 2.75) is 25.9 Å². The van der Waals surface area contributed by atoms with Gasteiger partial charge >= 0.3 is 0 Å². The highest BCUT2D eigenvalue weighted by molar-refractivity contribution is 5.29. The normalized spacial score (nSPS) is 12.8. The van der Waals surface area contributed by atoms with Gasteiger partial charge in [0.1, 0.15) is 6.17 Å². The van der Waals surface area contributed by atoms with Gasteiger partial charge < -0.3 is 5.11 Å². The Hall–Kier alpha value is -0.890. The second-order valence-electron chi connectivity index (χ2n) is 3.10. The van der Waals surface area contributed by atoms with Gasteiger partial charge in [0.15, 0.2) is 0 Å². The zero-order chi connectivity index (χ0) is 9.68. The average molecular weight is 182 g/mol. The third-order valence-electron chi connectivity index (χ3n) is 2.07. The minimum Gasteiger partial charge on any atom is -0.393 e. The van der Waals surface area contributed by atoms with Crippen LogP contribution in [0.2, 0.25) is 0 Å². The van der Waals surface area contributed by atoms with Gasteiger partial charge in [-0.2, -0.15) is 0 Å². The number of aliphatic hydroxyl groups excluding tert-OH is 1. The molecule has 0 saturated carbocycles. The Kier molecular flexibility index (Phi) is 3.90. The molecule has 0 fully saturated rings. The van der Waals surface area contributed by atoms with E-state index < -0.39 is 12.8 Å². The second kappa shape index (κ2) is 4.97. The van der Waals surface area contributed by atoms with E-state index in [1.54, 1.807) is 12.1 Å². The van der Waals surface area contributed by atoms with Gasteiger partial charge in [0, 0.05) is 0 Å². The standard InChI is InChI=1S/C11H15FO/c1-2-5-9-6-3-4-7-10(9)11(12)8-13/h3-4,6-7,11,13H,2,5,8H2,1H3. The topological polar surface area (TPSA) is 20.2 Å². The molecule has 1 rings (SSSR count). The van der Waals surface area contributed by atoms with Gasteiger partial charge in [-0.15, -0.1) is 0 Å². The highest BCUT2D eigenvalue weighted by atomic mass is 19.1. The van der Waals surface area contributed by atoms with Crippen molar-refractivity contribution >= 4 is 0 Å². The van der Waals surface area contributed by atoms with Crippen molar-refractivity contribution in [3.8, 4) is 0 Å². The van der Waals surface area contributed by atoms with E-state index in [4.69, 9.17) is 5.11 Å². The lowest BCUT2D eigenvalue weighted by molar-refractivity contribution is 0.179. The number of alkyl halides is 1. The van der Waals surface area contributed by atoms with Crippen LogP contribution < -0.4 is 0 Å². The first-order chi connectivity index (χ1) is 6.29. The molecule has 13 heavy (non-hydrogen) atoms. The predicted molar refractivity (Wildman–Crippen MR) is 51.4 cm³/mol. The summed E-state index contributed by atoms with van der Waals surface area (Å²) in [6, 6.07) is 7.36. The van der Waals surface area contributed by atoms with Gasteiger partial charge in [0.2, 0.25) is 0 Å². The molecule has 1 N–H and O–H groups in total. The van der Waals surface area contributed by atoms with Crippen LogP contribution in [0, 0.1) is 0 Å². The molecule has 1 atom stereocenters. The molecule has 72 valence electrons. The van der Waals surface area contributed by atoms with Crippen molar-refractivity contribution in [3.05, 3.63) is 35.4 Å². The van der Waals surface area contributed by atoms with E-state index in [-0.39, 0.29) is 0 Å². The highest BCUT2D eigenvalue weighted by Crippen LogP contribution is 2.21. The summed E-state index contributed by atoms with van der Waals surface area (Å²) >= 11 is 0. The Labute approximate surface area is 78.2 Å². The Bertz CT molecular complexity index is 260. The molecule has 0 saturated heterocycles. The summed E-state index contributed by atoms with van der Waals surface area (Å²) in [5.74, 6) is 0. The van der Waals surface area contributed by atoms with Crippen LogP contribution >= 0.6 is 0 Å². The van der Waals surface area contributed by atoms with Gasteiger partial charge in [-0.05, 0) is 17.5 Å². The Morgan fingerprint density at radius 1 is 1.38 bits per heavy atom. The van der Waals surface area contributed by atoms with Crippen LogP contribution in [0.4, 0.5) is 4.39 Å². The first kappa shape index (κ1) is 10.2. The number of rotatable bonds is 4. The first-order valence-electron chi connectivity index (χ1n) is 4.62. The van der Waals surface area contributed by atoms with Crippen LogP contribution in [0.5, 0.6) is 0 Å². The molecule has 0 aromatic heterocycles. The van der Waals surface area contributed by atoms with E-state index in [1.807, 2.05) is 12.1 Å². The van der Waals surface area contributed by atoms with Gasteiger partial charge in [0.05, 0.1) is 6.61 Å². The molecule has 2 heteroatoms. The monoisotopic (exact) mass is 182 g/mol.